The fourth-order valence-corrected chi connectivity index (χ4v) is 6.85. The number of aromatic nitrogens is 2. The maximum absolute atomic E-state index is 13.3. The Morgan fingerprint density at radius 1 is 1.16 bits per heavy atom. The molecule has 9 heteroatoms. The monoisotopic (exact) mass is 470 g/mol. The van der Waals surface area contributed by atoms with Crippen LogP contribution in [0.4, 0.5) is 5.13 Å². The van der Waals surface area contributed by atoms with Crippen molar-refractivity contribution in [2.75, 3.05) is 18.4 Å². The Morgan fingerprint density at radius 2 is 1.84 bits per heavy atom. The van der Waals surface area contributed by atoms with Crippen LogP contribution >= 0.6 is 11.3 Å². The standard InChI is InChI=1S/C23H26N4O3S2/c1-15-11-16(2)21(17(3)12-15)32(29,30)27-9-6-18(7-10-27)22(28)26-23-25-20(14-31-23)19-5-4-8-24-13-19/h4-5,8,11-14,18H,6-7,9-10H2,1-3H3,(H,25,26,28). The van der Waals surface area contributed by atoms with Gasteiger partial charge in [-0.3, -0.25) is 9.78 Å². The van der Waals surface area contributed by atoms with Crippen molar-refractivity contribution < 1.29 is 13.2 Å². The molecule has 1 aromatic carbocycles. The molecule has 0 saturated carbocycles. The Kier molecular flexibility index (Phi) is 6.41. The van der Waals surface area contributed by atoms with Crippen molar-refractivity contribution in [2.24, 2.45) is 5.92 Å². The average molecular weight is 471 g/mol. The van der Waals surface area contributed by atoms with Gasteiger partial charge in [-0.05, 0) is 56.9 Å². The lowest BCUT2D eigenvalue weighted by Crippen LogP contribution is -2.41. The predicted molar refractivity (Wildman–Crippen MR) is 126 cm³/mol. The number of nitrogens with zero attached hydrogens (tertiary/aromatic N) is 3. The number of carbonyl (C=O) groups is 1. The summed E-state index contributed by atoms with van der Waals surface area (Å²) >= 11 is 1.37. The van der Waals surface area contributed by atoms with Crippen molar-refractivity contribution >= 4 is 32.4 Å². The van der Waals surface area contributed by atoms with E-state index in [-0.39, 0.29) is 11.8 Å². The van der Waals surface area contributed by atoms with E-state index in [1.165, 1.54) is 15.6 Å². The van der Waals surface area contributed by atoms with Crippen LogP contribution in [0.25, 0.3) is 11.3 Å². The number of thiazole rings is 1. The quantitative estimate of drug-likeness (QED) is 0.604. The Morgan fingerprint density at radius 3 is 2.47 bits per heavy atom. The highest BCUT2D eigenvalue weighted by Crippen LogP contribution is 2.30. The molecule has 0 atom stereocenters. The largest absolute Gasteiger partial charge is 0.302 e. The second-order valence-corrected chi connectivity index (χ2v) is 10.9. The van der Waals surface area contributed by atoms with Crippen LogP contribution in [0, 0.1) is 26.7 Å². The summed E-state index contributed by atoms with van der Waals surface area (Å²) in [5.74, 6) is -0.357. The van der Waals surface area contributed by atoms with Crippen molar-refractivity contribution in [3.8, 4) is 11.3 Å². The highest BCUT2D eigenvalue weighted by atomic mass is 32.2. The molecule has 1 amide bonds. The van der Waals surface area contributed by atoms with Gasteiger partial charge in [0.15, 0.2) is 5.13 Å². The van der Waals surface area contributed by atoms with Crippen LogP contribution in [0.5, 0.6) is 0 Å². The molecule has 168 valence electrons. The Hall–Kier alpha value is -2.62. The highest BCUT2D eigenvalue weighted by Gasteiger charge is 2.34. The smallest absolute Gasteiger partial charge is 0.243 e. The lowest BCUT2D eigenvalue weighted by atomic mass is 9.97. The molecule has 0 aliphatic carbocycles. The highest BCUT2D eigenvalue weighted by molar-refractivity contribution is 7.89. The van der Waals surface area contributed by atoms with E-state index in [2.05, 4.69) is 15.3 Å². The Labute approximate surface area is 192 Å². The van der Waals surface area contributed by atoms with E-state index in [1.54, 1.807) is 12.4 Å². The molecule has 1 saturated heterocycles. The Balaban J connectivity index is 1.40. The maximum Gasteiger partial charge on any atom is 0.243 e. The first-order valence-electron chi connectivity index (χ1n) is 10.5. The zero-order valence-electron chi connectivity index (χ0n) is 18.3. The van der Waals surface area contributed by atoms with Gasteiger partial charge in [0, 0.05) is 42.3 Å². The molecule has 1 aliphatic heterocycles. The molecule has 3 aromatic rings. The molecule has 0 bridgehead atoms. The lowest BCUT2D eigenvalue weighted by Gasteiger charge is -2.31. The number of hydrogen-bond acceptors (Lipinski definition) is 6. The van der Waals surface area contributed by atoms with Gasteiger partial charge in [0.05, 0.1) is 10.6 Å². The molecule has 0 unspecified atom stereocenters. The minimum atomic E-state index is -3.59. The molecule has 7 nitrogen and oxygen atoms in total. The number of nitrogens with one attached hydrogen (secondary N) is 1. The summed E-state index contributed by atoms with van der Waals surface area (Å²) in [6.45, 7) is 6.28. The van der Waals surface area contributed by atoms with Crippen LogP contribution in [0.1, 0.15) is 29.5 Å². The number of hydrogen-bond donors (Lipinski definition) is 1. The van der Waals surface area contributed by atoms with Crippen LogP contribution in [0.3, 0.4) is 0 Å². The number of rotatable bonds is 5. The fourth-order valence-electron chi connectivity index (χ4n) is 4.25. The van der Waals surface area contributed by atoms with Gasteiger partial charge in [0.25, 0.3) is 0 Å². The summed E-state index contributed by atoms with van der Waals surface area (Å²) in [5.41, 5.74) is 4.22. The minimum Gasteiger partial charge on any atom is -0.302 e. The third-order valence-electron chi connectivity index (χ3n) is 5.72. The number of aryl methyl sites for hydroxylation is 3. The molecule has 1 aliphatic rings. The molecule has 4 rings (SSSR count). The number of amides is 1. The number of sulfonamides is 1. The third kappa shape index (κ3) is 4.60. The van der Waals surface area contributed by atoms with Crippen molar-refractivity contribution in [1.82, 2.24) is 14.3 Å². The summed E-state index contributed by atoms with van der Waals surface area (Å²) in [6.07, 6.45) is 4.40. The van der Waals surface area contributed by atoms with Crippen molar-refractivity contribution in [2.45, 2.75) is 38.5 Å². The number of anilines is 1. The van der Waals surface area contributed by atoms with Gasteiger partial charge in [-0.2, -0.15) is 4.31 Å². The molecular weight excluding hydrogens is 444 g/mol. The van der Waals surface area contributed by atoms with Crippen LogP contribution < -0.4 is 5.32 Å². The normalized spacial score (nSPS) is 15.6. The summed E-state index contributed by atoms with van der Waals surface area (Å²) in [7, 11) is -3.59. The molecule has 3 heterocycles. The molecule has 2 aromatic heterocycles. The van der Waals surface area contributed by atoms with Gasteiger partial charge < -0.3 is 5.32 Å². The van der Waals surface area contributed by atoms with E-state index in [4.69, 9.17) is 0 Å². The minimum absolute atomic E-state index is 0.114. The first kappa shape index (κ1) is 22.6. The van der Waals surface area contributed by atoms with Crippen LogP contribution in [-0.2, 0) is 14.8 Å². The topological polar surface area (TPSA) is 92.3 Å². The van der Waals surface area contributed by atoms with Gasteiger partial charge >= 0.3 is 0 Å². The Bertz CT molecular complexity index is 1210. The second kappa shape index (κ2) is 9.09. The zero-order valence-corrected chi connectivity index (χ0v) is 20.0. The van der Waals surface area contributed by atoms with Crippen LogP contribution in [0.2, 0.25) is 0 Å². The second-order valence-electron chi connectivity index (χ2n) is 8.18. The van der Waals surface area contributed by atoms with Crippen molar-refractivity contribution in [1.29, 1.82) is 0 Å². The molecule has 1 N–H and O–H groups in total. The van der Waals surface area contributed by atoms with Gasteiger partial charge in [0.2, 0.25) is 15.9 Å². The summed E-state index contributed by atoms with van der Waals surface area (Å²) in [6, 6.07) is 7.55. The van der Waals surface area contributed by atoms with E-state index in [0.717, 1.165) is 27.9 Å². The van der Waals surface area contributed by atoms with E-state index in [1.807, 2.05) is 50.4 Å². The lowest BCUT2D eigenvalue weighted by molar-refractivity contribution is -0.120. The summed E-state index contributed by atoms with van der Waals surface area (Å²) < 4.78 is 28.0. The fraction of sp³-hybridized carbons (Fsp3) is 0.348. The molecule has 32 heavy (non-hydrogen) atoms. The number of pyridine rings is 1. The van der Waals surface area contributed by atoms with E-state index in [0.29, 0.717) is 36.0 Å². The van der Waals surface area contributed by atoms with Crippen molar-refractivity contribution in [3.05, 3.63) is 58.7 Å². The van der Waals surface area contributed by atoms with E-state index < -0.39 is 10.0 Å². The maximum atomic E-state index is 13.3. The third-order valence-corrected chi connectivity index (χ3v) is 8.68. The molecular formula is C23H26N4O3S2. The van der Waals surface area contributed by atoms with Gasteiger partial charge in [-0.25, -0.2) is 13.4 Å². The molecule has 1 fully saturated rings. The molecule has 0 radical (unpaired) electrons. The summed E-state index contributed by atoms with van der Waals surface area (Å²) in [5, 5.41) is 5.31. The van der Waals surface area contributed by atoms with Gasteiger partial charge in [-0.15, -0.1) is 11.3 Å². The molecule has 0 spiro atoms. The van der Waals surface area contributed by atoms with Crippen LogP contribution in [0.15, 0.2) is 46.9 Å². The van der Waals surface area contributed by atoms with Crippen LogP contribution in [-0.4, -0.2) is 41.7 Å². The summed E-state index contributed by atoms with van der Waals surface area (Å²) in [4.78, 5) is 21.7. The average Bonchev–Trinajstić information content (AvgIpc) is 3.22. The first-order chi connectivity index (χ1) is 15.3. The predicted octanol–water partition coefficient (Wildman–Crippen LogP) is 4.17. The van der Waals surface area contributed by atoms with E-state index >= 15 is 0 Å². The first-order valence-corrected chi connectivity index (χ1v) is 12.8. The number of piperidine rings is 1. The zero-order chi connectivity index (χ0) is 22.9. The van der Waals surface area contributed by atoms with Gasteiger partial charge in [-0.1, -0.05) is 17.7 Å². The van der Waals surface area contributed by atoms with E-state index in [9.17, 15) is 13.2 Å². The number of carbonyl (C=O) groups excluding carboxylic acids is 1. The van der Waals surface area contributed by atoms with Gasteiger partial charge in [0.1, 0.15) is 0 Å². The van der Waals surface area contributed by atoms with Crippen molar-refractivity contribution in [3.63, 3.8) is 0 Å². The SMILES string of the molecule is Cc1cc(C)c(S(=O)(=O)N2CCC(C(=O)Nc3nc(-c4cccnc4)cs3)CC2)c(C)c1. The number of benzene rings is 1.